The molecule has 0 bridgehead atoms. The van der Waals surface area contributed by atoms with E-state index >= 15 is 0 Å². The van der Waals surface area contributed by atoms with E-state index < -0.39 is 0 Å². The summed E-state index contributed by atoms with van der Waals surface area (Å²) in [5.74, 6) is 0.0917. The van der Waals surface area contributed by atoms with Crippen LogP contribution in [0.4, 0.5) is 0 Å². The van der Waals surface area contributed by atoms with Crippen molar-refractivity contribution in [2.75, 3.05) is 32.7 Å². The zero-order chi connectivity index (χ0) is 14.7. The lowest BCUT2D eigenvalue weighted by Crippen LogP contribution is -2.41. The Morgan fingerprint density at radius 1 is 1.26 bits per heavy atom. The maximum atomic E-state index is 12.5. The Hall–Kier alpha value is -0.400. The first-order valence-corrected chi connectivity index (χ1v) is 8.83. The van der Waals surface area contributed by atoms with Crippen molar-refractivity contribution in [2.45, 2.75) is 38.1 Å². The molecule has 3 rings (SSSR count). The molecule has 1 aromatic rings. The van der Waals surface area contributed by atoms with Crippen LogP contribution < -0.4 is 5.73 Å². The lowest BCUT2D eigenvalue weighted by atomic mass is 10.1. The zero-order valence-electron chi connectivity index (χ0n) is 13.3. The van der Waals surface area contributed by atoms with Crippen LogP contribution in [0.15, 0.2) is 5.38 Å². The van der Waals surface area contributed by atoms with Crippen LogP contribution in [0.5, 0.6) is 0 Å². The number of carbonyl (C=O) groups excluding carboxylic acids is 1. The zero-order valence-corrected chi connectivity index (χ0v) is 15.7. The van der Waals surface area contributed by atoms with Crippen molar-refractivity contribution in [3.63, 3.8) is 0 Å². The molecule has 0 spiro atoms. The fraction of sp³-hybridized carbons (Fsp3) is 0.733. The van der Waals surface area contributed by atoms with E-state index in [4.69, 9.17) is 5.73 Å². The number of amides is 1. The van der Waals surface area contributed by atoms with Crippen LogP contribution in [0.25, 0.3) is 0 Å². The van der Waals surface area contributed by atoms with Crippen molar-refractivity contribution in [3.05, 3.63) is 16.1 Å². The Kier molecular flexibility index (Phi) is 8.79. The molecule has 3 heterocycles. The van der Waals surface area contributed by atoms with Gasteiger partial charge < -0.3 is 10.6 Å². The van der Waals surface area contributed by atoms with E-state index in [1.807, 2.05) is 10.3 Å². The summed E-state index contributed by atoms with van der Waals surface area (Å²) in [6.45, 7) is 4.71. The van der Waals surface area contributed by atoms with E-state index in [0.29, 0.717) is 18.3 Å². The average molecular weight is 381 g/mol. The molecule has 5 nitrogen and oxygen atoms in total. The van der Waals surface area contributed by atoms with Gasteiger partial charge in [-0.25, -0.2) is 4.98 Å². The molecule has 0 radical (unpaired) electrons. The maximum absolute atomic E-state index is 12.5. The number of thiazole rings is 1. The Morgan fingerprint density at radius 3 is 2.70 bits per heavy atom. The van der Waals surface area contributed by atoms with Crippen molar-refractivity contribution in [3.8, 4) is 0 Å². The van der Waals surface area contributed by atoms with Crippen LogP contribution >= 0.6 is 36.2 Å². The molecule has 8 heteroatoms. The Morgan fingerprint density at radius 2 is 2.00 bits per heavy atom. The topological polar surface area (TPSA) is 62.5 Å². The van der Waals surface area contributed by atoms with Gasteiger partial charge in [0, 0.05) is 30.9 Å². The molecular weight excluding hydrogens is 355 g/mol. The van der Waals surface area contributed by atoms with Crippen molar-refractivity contribution < 1.29 is 4.79 Å². The smallest absolute Gasteiger partial charge is 0.273 e. The molecule has 1 aromatic heterocycles. The summed E-state index contributed by atoms with van der Waals surface area (Å²) in [6.07, 6.45) is 5.83. The Labute approximate surface area is 154 Å². The highest BCUT2D eigenvalue weighted by Gasteiger charge is 2.32. The number of hydrogen-bond donors (Lipinski definition) is 1. The molecule has 0 aromatic carbocycles. The van der Waals surface area contributed by atoms with Gasteiger partial charge in [0.2, 0.25) is 0 Å². The lowest BCUT2D eigenvalue weighted by Gasteiger charge is -2.32. The largest absolute Gasteiger partial charge is 0.336 e. The number of aromatic nitrogens is 1. The highest BCUT2D eigenvalue weighted by atomic mass is 35.5. The van der Waals surface area contributed by atoms with Gasteiger partial charge in [0.15, 0.2) is 0 Å². The normalized spacial score (nSPS) is 21.6. The summed E-state index contributed by atoms with van der Waals surface area (Å²) in [6, 6.07) is 0.552. The van der Waals surface area contributed by atoms with Gasteiger partial charge in [0.1, 0.15) is 5.69 Å². The summed E-state index contributed by atoms with van der Waals surface area (Å²) >= 11 is 1.54. The van der Waals surface area contributed by atoms with E-state index in [-0.39, 0.29) is 30.7 Å². The van der Waals surface area contributed by atoms with Crippen molar-refractivity contribution in [2.24, 2.45) is 5.73 Å². The minimum Gasteiger partial charge on any atom is -0.336 e. The molecule has 23 heavy (non-hydrogen) atoms. The lowest BCUT2D eigenvalue weighted by molar-refractivity contribution is 0.0766. The van der Waals surface area contributed by atoms with Gasteiger partial charge in [-0.2, -0.15) is 0 Å². The number of hydrogen-bond acceptors (Lipinski definition) is 5. The first kappa shape index (κ1) is 20.6. The van der Waals surface area contributed by atoms with Gasteiger partial charge in [-0.05, 0) is 38.9 Å². The average Bonchev–Trinajstić information content (AvgIpc) is 3.17. The second kappa shape index (κ2) is 9.79. The van der Waals surface area contributed by atoms with Gasteiger partial charge in [-0.3, -0.25) is 9.69 Å². The van der Waals surface area contributed by atoms with Gasteiger partial charge >= 0.3 is 0 Å². The molecule has 2 N–H and O–H groups in total. The molecule has 1 amide bonds. The highest BCUT2D eigenvalue weighted by molar-refractivity contribution is 7.09. The second-order valence-corrected chi connectivity index (χ2v) is 6.90. The number of likely N-dealkylation sites (tertiary alicyclic amines) is 2. The molecule has 2 fully saturated rings. The molecule has 132 valence electrons. The number of halogens is 2. The van der Waals surface area contributed by atoms with Crippen LogP contribution in [0.2, 0.25) is 0 Å². The highest BCUT2D eigenvalue weighted by Crippen LogP contribution is 2.22. The second-order valence-electron chi connectivity index (χ2n) is 5.96. The van der Waals surface area contributed by atoms with Crippen LogP contribution in [0.1, 0.15) is 41.2 Å². The Bertz CT molecular complexity index is 494. The summed E-state index contributed by atoms with van der Waals surface area (Å²) in [5.41, 5.74) is 6.13. The van der Waals surface area contributed by atoms with Crippen LogP contribution in [-0.2, 0) is 6.42 Å². The summed E-state index contributed by atoms with van der Waals surface area (Å²) < 4.78 is 0. The minimum absolute atomic E-state index is 0. The minimum atomic E-state index is 0. The molecule has 2 aliphatic heterocycles. The molecular formula is C15H26Cl2N4OS. The third-order valence-corrected chi connectivity index (χ3v) is 5.40. The quantitative estimate of drug-likeness (QED) is 0.869. The van der Waals surface area contributed by atoms with Crippen LogP contribution in [0.3, 0.4) is 0 Å². The predicted octanol–water partition coefficient (Wildman–Crippen LogP) is 2.19. The van der Waals surface area contributed by atoms with Gasteiger partial charge in [-0.15, -0.1) is 36.2 Å². The molecule has 1 atom stereocenters. The molecule has 1 unspecified atom stereocenters. The van der Waals surface area contributed by atoms with Gasteiger partial charge in [0.25, 0.3) is 5.91 Å². The maximum Gasteiger partial charge on any atom is 0.273 e. The third-order valence-electron chi connectivity index (χ3n) is 4.49. The summed E-state index contributed by atoms with van der Waals surface area (Å²) in [5, 5.41) is 2.84. The predicted molar refractivity (Wildman–Crippen MR) is 99.1 cm³/mol. The Balaban J connectivity index is 0.00000132. The van der Waals surface area contributed by atoms with Crippen molar-refractivity contribution >= 4 is 42.1 Å². The van der Waals surface area contributed by atoms with E-state index in [1.54, 1.807) is 11.3 Å². The van der Waals surface area contributed by atoms with Crippen molar-refractivity contribution in [1.82, 2.24) is 14.8 Å². The molecule has 2 aliphatic rings. The van der Waals surface area contributed by atoms with E-state index in [0.717, 1.165) is 30.9 Å². The first-order chi connectivity index (χ1) is 10.3. The summed E-state index contributed by atoms with van der Waals surface area (Å²) in [4.78, 5) is 21.5. The standard InChI is InChI=1S/C15H24N4OS.2ClH/c16-6-4-14-17-13(11-21-14)15(20)19-9-5-12(10-19)18-7-2-1-3-8-18;;/h11-12H,1-10,16H2;2*1H. The number of rotatable bonds is 4. The van der Waals surface area contributed by atoms with Crippen LogP contribution in [0, 0.1) is 0 Å². The number of piperidine rings is 1. The fourth-order valence-corrected chi connectivity index (χ4v) is 4.11. The molecule has 0 aliphatic carbocycles. The fourth-order valence-electron chi connectivity index (χ4n) is 3.32. The number of nitrogens with two attached hydrogens (primary N) is 1. The molecule has 0 saturated carbocycles. The van der Waals surface area contributed by atoms with Gasteiger partial charge in [-0.1, -0.05) is 6.42 Å². The van der Waals surface area contributed by atoms with E-state index in [2.05, 4.69) is 9.88 Å². The molecule has 2 saturated heterocycles. The van der Waals surface area contributed by atoms with E-state index in [9.17, 15) is 4.79 Å². The number of nitrogens with zero attached hydrogens (tertiary/aromatic N) is 3. The van der Waals surface area contributed by atoms with Crippen LogP contribution in [-0.4, -0.2) is 59.5 Å². The summed E-state index contributed by atoms with van der Waals surface area (Å²) in [7, 11) is 0. The van der Waals surface area contributed by atoms with E-state index in [1.165, 1.54) is 32.4 Å². The van der Waals surface area contributed by atoms with Crippen molar-refractivity contribution in [1.29, 1.82) is 0 Å². The number of carbonyl (C=O) groups is 1. The SMILES string of the molecule is Cl.Cl.NCCc1nc(C(=O)N2CCC(N3CCCCC3)C2)cs1. The first-order valence-electron chi connectivity index (χ1n) is 7.95. The third kappa shape index (κ3) is 5.03. The van der Waals surface area contributed by atoms with Gasteiger partial charge in [0.05, 0.1) is 5.01 Å². The monoisotopic (exact) mass is 380 g/mol.